The predicted octanol–water partition coefficient (Wildman–Crippen LogP) is 3.46. The molecule has 3 amide bonds. The third kappa shape index (κ3) is 4.71. The highest BCUT2D eigenvalue weighted by Gasteiger charge is 2.32. The molecule has 2 aliphatic rings. The highest BCUT2D eigenvalue weighted by atomic mass is 19.4. The average molecular weight is 450 g/mol. The second kappa shape index (κ2) is 8.79. The number of aromatic nitrogens is 3. The summed E-state index contributed by atoms with van der Waals surface area (Å²) in [5.74, 6) is 0.0518. The van der Waals surface area contributed by atoms with Gasteiger partial charge in [-0.2, -0.15) is 23.0 Å². The van der Waals surface area contributed by atoms with Crippen LogP contribution in [0.4, 0.5) is 23.8 Å². The molecule has 4 heterocycles. The largest absolute Gasteiger partial charge is 0.417 e. The summed E-state index contributed by atoms with van der Waals surface area (Å²) in [5.41, 5.74) is -0.265. The number of likely N-dealkylation sites (tertiary alicyclic amines) is 2. The average Bonchev–Trinajstić information content (AvgIpc) is 3.43. The highest BCUT2D eigenvalue weighted by Crippen LogP contribution is 2.29. The third-order valence-corrected chi connectivity index (χ3v) is 5.89. The van der Waals surface area contributed by atoms with E-state index in [0.717, 1.165) is 38.2 Å². The number of anilines is 1. The van der Waals surface area contributed by atoms with E-state index < -0.39 is 11.7 Å². The molecule has 0 radical (unpaired) electrons. The Morgan fingerprint density at radius 1 is 1.06 bits per heavy atom. The third-order valence-electron chi connectivity index (χ3n) is 5.89. The van der Waals surface area contributed by atoms with Crippen LogP contribution >= 0.6 is 0 Å². The molecule has 0 unspecified atom stereocenters. The summed E-state index contributed by atoms with van der Waals surface area (Å²) in [4.78, 5) is 32.9. The number of halogens is 3. The molecule has 0 bridgehead atoms. The number of urea groups is 1. The van der Waals surface area contributed by atoms with Crippen molar-refractivity contribution in [3.8, 4) is 5.82 Å². The maximum Gasteiger partial charge on any atom is 0.417 e. The molecule has 2 aromatic rings. The van der Waals surface area contributed by atoms with Crippen LogP contribution in [0.2, 0.25) is 0 Å². The van der Waals surface area contributed by atoms with Gasteiger partial charge in [0.15, 0.2) is 5.82 Å². The van der Waals surface area contributed by atoms with Gasteiger partial charge in [0.05, 0.1) is 11.3 Å². The molecule has 4 rings (SSSR count). The zero-order valence-corrected chi connectivity index (χ0v) is 17.7. The van der Waals surface area contributed by atoms with Crippen molar-refractivity contribution in [2.75, 3.05) is 31.5 Å². The summed E-state index contributed by atoms with van der Waals surface area (Å²) in [6.07, 6.45) is -0.566. The number of piperidine rings is 1. The Morgan fingerprint density at radius 2 is 1.72 bits per heavy atom. The number of carbonyl (C=O) groups is 2. The van der Waals surface area contributed by atoms with Gasteiger partial charge in [0, 0.05) is 44.4 Å². The molecule has 2 aliphatic heterocycles. The first kappa shape index (κ1) is 22.1. The molecule has 1 N–H and O–H groups in total. The lowest BCUT2D eigenvalue weighted by molar-refractivity contribution is -0.137. The van der Waals surface area contributed by atoms with Gasteiger partial charge in [-0.15, -0.1) is 0 Å². The lowest BCUT2D eigenvalue weighted by Crippen LogP contribution is -2.47. The molecule has 2 aromatic heterocycles. The van der Waals surface area contributed by atoms with Gasteiger partial charge in [0.2, 0.25) is 5.91 Å². The van der Waals surface area contributed by atoms with Gasteiger partial charge < -0.3 is 15.1 Å². The van der Waals surface area contributed by atoms with E-state index in [2.05, 4.69) is 15.4 Å². The van der Waals surface area contributed by atoms with Crippen LogP contribution in [0.5, 0.6) is 0 Å². The summed E-state index contributed by atoms with van der Waals surface area (Å²) in [6, 6.07) is 3.83. The van der Waals surface area contributed by atoms with Gasteiger partial charge in [-0.3, -0.25) is 4.79 Å². The van der Waals surface area contributed by atoms with Crippen LogP contribution < -0.4 is 5.32 Å². The number of hydrogen-bond acceptors (Lipinski definition) is 4. The number of nitrogens with one attached hydrogen (secondary N) is 1. The predicted molar refractivity (Wildman–Crippen MR) is 110 cm³/mol. The number of alkyl halides is 3. The van der Waals surface area contributed by atoms with Crippen LogP contribution in [0, 0.1) is 12.8 Å². The molecule has 0 aromatic carbocycles. The summed E-state index contributed by atoms with van der Waals surface area (Å²) in [5, 5.41) is 7.08. The summed E-state index contributed by atoms with van der Waals surface area (Å²) in [7, 11) is 0. The van der Waals surface area contributed by atoms with E-state index >= 15 is 0 Å². The van der Waals surface area contributed by atoms with Gasteiger partial charge in [0.25, 0.3) is 0 Å². The number of carbonyl (C=O) groups excluding carboxylic acids is 2. The fraction of sp³-hybridized carbons (Fsp3) is 0.524. The van der Waals surface area contributed by atoms with Crippen molar-refractivity contribution in [2.24, 2.45) is 5.92 Å². The second-order valence-electron chi connectivity index (χ2n) is 8.21. The number of nitrogens with zero attached hydrogens (tertiary/aromatic N) is 5. The molecule has 32 heavy (non-hydrogen) atoms. The maximum absolute atomic E-state index is 12.8. The highest BCUT2D eigenvalue weighted by molar-refractivity contribution is 5.92. The minimum atomic E-state index is -4.48. The minimum Gasteiger partial charge on any atom is -0.325 e. The SMILES string of the molecule is Cc1cc(NC(=O)C2CCN(C(=O)N3CCCC3)CC2)n(-c2ccc(C(F)(F)F)cn2)n1. The number of rotatable bonds is 3. The van der Waals surface area contributed by atoms with E-state index in [1.807, 2.05) is 4.90 Å². The summed E-state index contributed by atoms with van der Waals surface area (Å²) >= 11 is 0. The molecule has 8 nitrogen and oxygen atoms in total. The Kier molecular flexibility index (Phi) is 6.07. The van der Waals surface area contributed by atoms with Crippen molar-refractivity contribution in [1.82, 2.24) is 24.6 Å². The fourth-order valence-electron chi connectivity index (χ4n) is 4.11. The first-order valence-corrected chi connectivity index (χ1v) is 10.7. The van der Waals surface area contributed by atoms with E-state index in [4.69, 9.17) is 0 Å². The number of amides is 3. The van der Waals surface area contributed by atoms with Crippen LogP contribution in [0.25, 0.3) is 5.82 Å². The van der Waals surface area contributed by atoms with Crippen molar-refractivity contribution in [1.29, 1.82) is 0 Å². The molecule has 0 saturated carbocycles. The van der Waals surface area contributed by atoms with E-state index in [1.54, 1.807) is 17.9 Å². The number of pyridine rings is 1. The molecule has 11 heteroatoms. The molecule has 172 valence electrons. The van der Waals surface area contributed by atoms with Crippen LogP contribution in [0.15, 0.2) is 24.4 Å². The van der Waals surface area contributed by atoms with E-state index in [1.165, 1.54) is 10.7 Å². The van der Waals surface area contributed by atoms with Gasteiger partial charge in [-0.05, 0) is 44.7 Å². The van der Waals surface area contributed by atoms with E-state index in [0.29, 0.717) is 37.4 Å². The zero-order chi connectivity index (χ0) is 22.9. The van der Waals surface area contributed by atoms with Gasteiger partial charge >= 0.3 is 12.2 Å². The number of hydrogen-bond donors (Lipinski definition) is 1. The summed E-state index contributed by atoms with van der Waals surface area (Å²) < 4.78 is 39.7. The molecular weight excluding hydrogens is 425 g/mol. The number of aryl methyl sites for hydroxylation is 1. The molecule has 0 spiro atoms. The zero-order valence-electron chi connectivity index (χ0n) is 17.7. The molecule has 0 aliphatic carbocycles. The molecule has 0 atom stereocenters. The van der Waals surface area contributed by atoms with Crippen molar-refractivity contribution < 1.29 is 22.8 Å². The quantitative estimate of drug-likeness (QED) is 0.777. The smallest absolute Gasteiger partial charge is 0.325 e. The Labute approximate surface area is 183 Å². The lowest BCUT2D eigenvalue weighted by atomic mass is 9.96. The minimum absolute atomic E-state index is 0.0448. The van der Waals surface area contributed by atoms with Crippen LogP contribution in [-0.4, -0.2) is 62.7 Å². The Morgan fingerprint density at radius 3 is 2.31 bits per heavy atom. The standard InChI is InChI=1S/C21H25F3N6O2/c1-14-12-18(30(27-14)17-5-4-16(13-25-17)21(22,23)24)26-19(31)15-6-10-29(11-7-15)20(32)28-8-2-3-9-28/h4-5,12-13,15H,2-3,6-11H2,1H3,(H,26,31). The van der Waals surface area contributed by atoms with E-state index in [9.17, 15) is 22.8 Å². The normalized spacial score (nSPS) is 17.6. The molecule has 2 fully saturated rings. The second-order valence-corrected chi connectivity index (χ2v) is 8.21. The summed E-state index contributed by atoms with van der Waals surface area (Å²) in [6.45, 7) is 4.35. The van der Waals surface area contributed by atoms with E-state index in [-0.39, 0.29) is 23.7 Å². The van der Waals surface area contributed by atoms with Crippen molar-refractivity contribution in [3.63, 3.8) is 0 Å². The van der Waals surface area contributed by atoms with Crippen LogP contribution in [0.3, 0.4) is 0 Å². The van der Waals surface area contributed by atoms with Crippen molar-refractivity contribution in [3.05, 3.63) is 35.7 Å². The topological polar surface area (TPSA) is 83.4 Å². The maximum atomic E-state index is 12.8. The lowest BCUT2D eigenvalue weighted by Gasteiger charge is -2.34. The molecule has 2 saturated heterocycles. The van der Waals surface area contributed by atoms with Crippen LogP contribution in [0.1, 0.15) is 36.9 Å². The first-order valence-electron chi connectivity index (χ1n) is 10.7. The molecular formula is C21H25F3N6O2. The van der Waals surface area contributed by atoms with Gasteiger partial charge in [-0.1, -0.05) is 0 Å². The first-order chi connectivity index (χ1) is 15.2. The fourth-order valence-corrected chi connectivity index (χ4v) is 4.11. The Hall–Kier alpha value is -3.11. The van der Waals surface area contributed by atoms with Gasteiger partial charge in [-0.25, -0.2) is 9.78 Å². The van der Waals surface area contributed by atoms with Crippen molar-refractivity contribution in [2.45, 2.75) is 38.8 Å². The Balaban J connectivity index is 1.39. The monoisotopic (exact) mass is 450 g/mol. The Bertz CT molecular complexity index is 974. The van der Waals surface area contributed by atoms with Gasteiger partial charge in [0.1, 0.15) is 5.82 Å². The van der Waals surface area contributed by atoms with Crippen molar-refractivity contribution >= 4 is 17.8 Å². The van der Waals surface area contributed by atoms with Crippen LogP contribution in [-0.2, 0) is 11.0 Å².